The zero-order valence-electron chi connectivity index (χ0n) is 11.5. The molecule has 5 heteroatoms. The Kier molecular flexibility index (Phi) is 6.63. The number of nitrogens with zero attached hydrogens (tertiary/aromatic N) is 1. The van der Waals surface area contributed by atoms with Crippen LogP contribution in [0.25, 0.3) is 0 Å². The lowest BCUT2D eigenvalue weighted by Crippen LogP contribution is -2.36. The number of benzene rings is 1. The first-order valence-electron chi connectivity index (χ1n) is 6.41. The molecule has 0 spiro atoms. The maximum atomic E-state index is 11.8. The van der Waals surface area contributed by atoms with Crippen LogP contribution >= 0.6 is 23.2 Å². The molecular formula is C14H20Cl2N2O. The van der Waals surface area contributed by atoms with Gasteiger partial charge < -0.3 is 10.2 Å². The van der Waals surface area contributed by atoms with Crippen LogP contribution in [0.4, 0.5) is 0 Å². The van der Waals surface area contributed by atoms with E-state index >= 15 is 0 Å². The van der Waals surface area contributed by atoms with Crippen LogP contribution < -0.4 is 5.32 Å². The molecule has 1 unspecified atom stereocenters. The molecule has 1 N–H and O–H groups in total. The van der Waals surface area contributed by atoms with Gasteiger partial charge in [0.25, 0.3) is 0 Å². The van der Waals surface area contributed by atoms with Gasteiger partial charge in [-0.05, 0) is 31.0 Å². The quantitative estimate of drug-likeness (QED) is 0.872. The third-order valence-corrected chi connectivity index (χ3v) is 3.71. The Balaban J connectivity index is 2.70. The van der Waals surface area contributed by atoms with Gasteiger partial charge >= 0.3 is 0 Å². The van der Waals surface area contributed by atoms with Crippen molar-refractivity contribution in [3.05, 3.63) is 33.8 Å². The molecule has 1 aromatic rings. The van der Waals surface area contributed by atoms with Gasteiger partial charge in [0.15, 0.2) is 0 Å². The molecule has 3 nitrogen and oxygen atoms in total. The summed E-state index contributed by atoms with van der Waals surface area (Å²) in [7, 11) is 1.79. The number of carbonyl (C=O) groups excluding carboxylic acids is 1. The van der Waals surface area contributed by atoms with Gasteiger partial charge in [0.1, 0.15) is 0 Å². The molecule has 0 aliphatic heterocycles. The molecule has 0 aromatic heterocycles. The molecule has 0 aliphatic carbocycles. The molecule has 0 bridgehead atoms. The van der Waals surface area contributed by atoms with Gasteiger partial charge in [-0.25, -0.2) is 0 Å². The summed E-state index contributed by atoms with van der Waals surface area (Å²) in [5.41, 5.74) is 0.973. The molecule has 0 saturated carbocycles. The Morgan fingerprint density at radius 3 is 2.58 bits per heavy atom. The number of nitrogens with one attached hydrogen (secondary N) is 1. The first kappa shape index (κ1) is 16.3. The van der Waals surface area contributed by atoms with Crippen molar-refractivity contribution in [1.29, 1.82) is 0 Å². The molecule has 0 radical (unpaired) electrons. The van der Waals surface area contributed by atoms with Crippen LogP contribution in [0.1, 0.15) is 31.9 Å². The molecule has 0 fully saturated rings. The predicted molar refractivity (Wildman–Crippen MR) is 80.8 cm³/mol. The van der Waals surface area contributed by atoms with E-state index in [0.29, 0.717) is 23.1 Å². The number of rotatable bonds is 6. The Bertz CT molecular complexity index is 437. The zero-order chi connectivity index (χ0) is 14.4. The van der Waals surface area contributed by atoms with E-state index < -0.39 is 0 Å². The first-order chi connectivity index (χ1) is 8.99. The number of carbonyl (C=O) groups is 1. The van der Waals surface area contributed by atoms with Gasteiger partial charge in [0, 0.05) is 29.7 Å². The van der Waals surface area contributed by atoms with Crippen LogP contribution in [0.15, 0.2) is 18.2 Å². The molecule has 0 aliphatic rings. The van der Waals surface area contributed by atoms with Crippen LogP contribution in [0.2, 0.25) is 10.0 Å². The molecule has 1 amide bonds. The summed E-state index contributed by atoms with van der Waals surface area (Å²) in [4.78, 5) is 13.5. The largest absolute Gasteiger partial charge is 0.345 e. The van der Waals surface area contributed by atoms with Gasteiger partial charge in [0.2, 0.25) is 5.91 Å². The molecular weight excluding hydrogens is 283 g/mol. The summed E-state index contributed by atoms with van der Waals surface area (Å²) in [6.07, 6.45) is 0.852. The van der Waals surface area contributed by atoms with E-state index in [1.807, 2.05) is 19.1 Å². The number of halogens is 2. The summed E-state index contributed by atoms with van der Waals surface area (Å²) in [6.45, 7) is 5.02. The fourth-order valence-electron chi connectivity index (χ4n) is 1.78. The predicted octanol–water partition coefficient (Wildman–Crippen LogP) is 3.51. The minimum Gasteiger partial charge on any atom is -0.345 e. The summed E-state index contributed by atoms with van der Waals surface area (Å²) in [5, 5.41) is 4.49. The molecule has 1 atom stereocenters. The topological polar surface area (TPSA) is 32.3 Å². The fourth-order valence-corrected chi connectivity index (χ4v) is 2.32. The maximum absolute atomic E-state index is 11.8. The van der Waals surface area contributed by atoms with Gasteiger partial charge in [-0.3, -0.25) is 4.79 Å². The number of likely N-dealkylation sites (N-methyl/N-ethyl adjacent to an activating group) is 1. The molecule has 1 aromatic carbocycles. The second-order valence-corrected chi connectivity index (χ2v) is 5.26. The lowest BCUT2D eigenvalue weighted by atomic mass is 10.0. The average Bonchev–Trinajstić information content (AvgIpc) is 2.39. The van der Waals surface area contributed by atoms with E-state index in [1.165, 1.54) is 0 Å². The van der Waals surface area contributed by atoms with Crippen LogP contribution in [-0.2, 0) is 4.79 Å². The van der Waals surface area contributed by atoms with Crippen molar-refractivity contribution in [2.24, 2.45) is 0 Å². The minimum atomic E-state index is 0.0546. The van der Waals surface area contributed by atoms with Crippen molar-refractivity contribution in [1.82, 2.24) is 10.2 Å². The third-order valence-electron chi connectivity index (χ3n) is 3.15. The third kappa shape index (κ3) is 4.68. The van der Waals surface area contributed by atoms with Crippen molar-refractivity contribution < 1.29 is 4.79 Å². The van der Waals surface area contributed by atoms with E-state index in [-0.39, 0.29) is 11.9 Å². The average molecular weight is 303 g/mol. The zero-order valence-corrected chi connectivity index (χ0v) is 13.1. The minimum absolute atomic E-state index is 0.0546. The van der Waals surface area contributed by atoms with E-state index in [2.05, 4.69) is 12.2 Å². The van der Waals surface area contributed by atoms with Gasteiger partial charge in [0.05, 0.1) is 6.54 Å². The molecule has 106 valence electrons. The summed E-state index contributed by atoms with van der Waals surface area (Å²) in [6, 6.07) is 5.49. The summed E-state index contributed by atoms with van der Waals surface area (Å²) >= 11 is 12.1. The number of amides is 1. The Morgan fingerprint density at radius 1 is 1.37 bits per heavy atom. The lowest BCUT2D eigenvalue weighted by Gasteiger charge is -2.21. The lowest BCUT2D eigenvalue weighted by molar-refractivity contribution is -0.128. The van der Waals surface area contributed by atoms with Crippen molar-refractivity contribution in [2.75, 3.05) is 20.1 Å². The normalized spacial score (nSPS) is 12.3. The van der Waals surface area contributed by atoms with E-state index in [0.717, 1.165) is 12.0 Å². The Hall–Kier alpha value is -0.770. The monoisotopic (exact) mass is 302 g/mol. The van der Waals surface area contributed by atoms with Gasteiger partial charge in [-0.15, -0.1) is 0 Å². The van der Waals surface area contributed by atoms with Crippen LogP contribution in [0.5, 0.6) is 0 Å². The molecule has 0 heterocycles. The smallest absolute Gasteiger partial charge is 0.236 e. The first-order valence-corrected chi connectivity index (χ1v) is 7.17. The van der Waals surface area contributed by atoms with Crippen molar-refractivity contribution in [3.63, 3.8) is 0 Å². The van der Waals surface area contributed by atoms with Crippen molar-refractivity contribution in [2.45, 2.75) is 26.3 Å². The maximum Gasteiger partial charge on any atom is 0.236 e. The van der Waals surface area contributed by atoms with Crippen LogP contribution in [0.3, 0.4) is 0 Å². The number of hydrogen-bond donors (Lipinski definition) is 1. The molecule has 1 rings (SSSR count). The SMILES string of the molecule is CCC(NCC(=O)N(C)CC)c1ccc(Cl)cc1Cl. The second-order valence-electron chi connectivity index (χ2n) is 4.42. The number of hydrogen-bond acceptors (Lipinski definition) is 2. The van der Waals surface area contributed by atoms with Gasteiger partial charge in [-0.2, -0.15) is 0 Å². The fraction of sp³-hybridized carbons (Fsp3) is 0.500. The Labute approximate surface area is 124 Å². The standard InChI is InChI=1S/C14H20Cl2N2O/c1-4-13(17-9-14(19)18(3)5-2)11-7-6-10(15)8-12(11)16/h6-8,13,17H,4-5,9H2,1-3H3. The van der Waals surface area contributed by atoms with E-state index in [1.54, 1.807) is 18.0 Å². The highest BCUT2D eigenvalue weighted by Gasteiger charge is 2.15. The Morgan fingerprint density at radius 2 is 2.05 bits per heavy atom. The second kappa shape index (κ2) is 7.73. The van der Waals surface area contributed by atoms with E-state index in [9.17, 15) is 4.79 Å². The summed E-state index contributed by atoms with van der Waals surface area (Å²) in [5.74, 6) is 0.0750. The summed E-state index contributed by atoms with van der Waals surface area (Å²) < 4.78 is 0. The highest BCUT2D eigenvalue weighted by atomic mass is 35.5. The molecule has 19 heavy (non-hydrogen) atoms. The van der Waals surface area contributed by atoms with Crippen molar-refractivity contribution in [3.8, 4) is 0 Å². The van der Waals surface area contributed by atoms with Gasteiger partial charge in [-0.1, -0.05) is 36.2 Å². The van der Waals surface area contributed by atoms with E-state index in [4.69, 9.17) is 23.2 Å². The highest BCUT2D eigenvalue weighted by molar-refractivity contribution is 6.35. The molecule has 0 saturated heterocycles. The van der Waals surface area contributed by atoms with Crippen molar-refractivity contribution >= 4 is 29.1 Å². The van der Waals surface area contributed by atoms with Crippen LogP contribution in [0, 0.1) is 0 Å². The van der Waals surface area contributed by atoms with Crippen LogP contribution in [-0.4, -0.2) is 30.9 Å². The highest BCUT2D eigenvalue weighted by Crippen LogP contribution is 2.27.